The van der Waals surface area contributed by atoms with Gasteiger partial charge in [0.25, 0.3) is 0 Å². The van der Waals surface area contributed by atoms with E-state index in [4.69, 9.17) is 15.5 Å². The topological polar surface area (TPSA) is 60.5 Å². The Hall–Kier alpha value is -1.53. The summed E-state index contributed by atoms with van der Waals surface area (Å²) in [6.45, 7) is 2.14. The summed E-state index contributed by atoms with van der Waals surface area (Å²) in [5.74, 6) is 2.20. The van der Waals surface area contributed by atoms with Crippen LogP contribution in [0.2, 0.25) is 0 Å². The minimum Gasteiger partial charge on any atom is -0.438 e. The van der Waals surface area contributed by atoms with Gasteiger partial charge < -0.3 is 10.5 Å². The minimum absolute atomic E-state index is 0.500. The summed E-state index contributed by atoms with van der Waals surface area (Å²) in [5, 5.41) is 0.612. The number of pyridine rings is 1. The molecule has 0 radical (unpaired) electrons. The maximum Gasteiger partial charge on any atom is 0.225 e. The maximum absolute atomic E-state index is 6.00. The van der Waals surface area contributed by atoms with E-state index in [0.29, 0.717) is 11.0 Å². The number of halogens is 1. The van der Waals surface area contributed by atoms with Gasteiger partial charge in [-0.15, -0.1) is 0 Å². The van der Waals surface area contributed by atoms with E-state index in [-0.39, 0.29) is 0 Å². The second-order valence-electron chi connectivity index (χ2n) is 5.39. The van der Waals surface area contributed by atoms with E-state index in [1.807, 2.05) is 12.1 Å². The summed E-state index contributed by atoms with van der Waals surface area (Å²) in [6, 6.07) is 8.32. The highest BCUT2D eigenvalue weighted by molar-refractivity contribution is 9.10. The minimum atomic E-state index is -0.500. The lowest BCUT2D eigenvalue weighted by molar-refractivity contribution is 0.399. The van der Waals surface area contributed by atoms with Crippen LogP contribution < -0.4 is 10.5 Å². The molecule has 1 spiro atoms. The second-order valence-corrected chi connectivity index (χ2v) is 7.30. The van der Waals surface area contributed by atoms with Crippen LogP contribution in [0, 0.1) is 0 Å². The van der Waals surface area contributed by atoms with Gasteiger partial charge >= 0.3 is 0 Å². The fraction of sp³-hybridized carbons (Fsp3) is 0.250. The number of hydrogen-bond acceptors (Lipinski definition) is 5. The first kappa shape index (κ1) is 14.1. The quantitative estimate of drug-likeness (QED) is 0.822. The molecule has 1 unspecified atom stereocenters. The molecule has 1 aromatic heterocycles. The van der Waals surface area contributed by atoms with Crippen LogP contribution in [0.15, 0.2) is 39.9 Å². The number of aliphatic imine (C=N–C) groups is 1. The zero-order valence-corrected chi connectivity index (χ0v) is 14.4. The largest absolute Gasteiger partial charge is 0.438 e. The fourth-order valence-corrected chi connectivity index (χ4v) is 4.25. The van der Waals surface area contributed by atoms with Crippen molar-refractivity contribution in [3.8, 4) is 11.6 Å². The van der Waals surface area contributed by atoms with Crippen LogP contribution in [0.5, 0.6) is 11.6 Å². The van der Waals surface area contributed by atoms with Crippen molar-refractivity contribution in [3.63, 3.8) is 0 Å². The van der Waals surface area contributed by atoms with Gasteiger partial charge in [0.05, 0.1) is 0 Å². The van der Waals surface area contributed by atoms with Gasteiger partial charge in [0.15, 0.2) is 5.17 Å². The lowest BCUT2D eigenvalue weighted by atomic mass is 9.82. The van der Waals surface area contributed by atoms with Gasteiger partial charge in [-0.3, -0.25) is 0 Å². The number of aromatic nitrogens is 1. The molecule has 0 bridgehead atoms. The van der Waals surface area contributed by atoms with E-state index >= 15 is 0 Å². The van der Waals surface area contributed by atoms with Crippen LogP contribution in [0.3, 0.4) is 0 Å². The van der Waals surface area contributed by atoms with Gasteiger partial charge in [-0.1, -0.05) is 24.8 Å². The SMILES string of the molecule is CCc1ccc2c(c1)C1(CSC(N)=N1)c1cc(Br)cnc1O2. The molecule has 2 N–H and O–H groups in total. The van der Waals surface area contributed by atoms with Crippen LogP contribution in [0.1, 0.15) is 23.6 Å². The summed E-state index contributed by atoms with van der Waals surface area (Å²) >= 11 is 5.08. The van der Waals surface area contributed by atoms with Crippen molar-refractivity contribution in [1.82, 2.24) is 4.98 Å². The van der Waals surface area contributed by atoms with Gasteiger partial charge in [-0.05, 0) is 46.1 Å². The number of thioether (sulfide) groups is 1. The number of nitrogens with zero attached hydrogens (tertiary/aromatic N) is 2. The highest BCUT2D eigenvalue weighted by Gasteiger charge is 2.46. The lowest BCUT2D eigenvalue weighted by Gasteiger charge is -2.34. The summed E-state index contributed by atoms with van der Waals surface area (Å²) in [5.41, 5.74) is 8.81. The Morgan fingerprint density at radius 1 is 1.36 bits per heavy atom. The lowest BCUT2D eigenvalue weighted by Crippen LogP contribution is -2.30. The Morgan fingerprint density at radius 2 is 2.23 bits per heavy atom. The van der Waals surface area contributed by atoms with Crippen molar-refractivity contribution in [1.29, 1.82) is 0 Å². The summed E-state index contributed by atoms with van der Waals surface area (Å²) in [7, 11) is 0. The van der Waals surface area contributed by atoms with E-state index in [0.717, 1.165) is 33.5 Å². The molecular formula is C16H14BrN3OS. The first-order valence-electron chi connectivity index (χ1n) is 7.08. The first-order valence-corrected chi connectivity index (χ1v) is 8.85. The molecule has 22 heavy (non-hydrogen) atoms. The van der Waals surface area contributed by atoms with Gasteiger partial charge in [0, 0.05) is 27.5 Å². The number of rotatable bonds is 1. The van der Waals surface area contributed by atoms with Crippen molar-refractivity contribution < 1.29 is 4.74 Å². The van der Waals surface area contributed by atoms with Crippen LogP contribution in [-0.4, -0.2) is 15.9 Å². The molecule has 4 nitrogen and oxygen atoms in total. The fourth-order valence-electron chi connectivity index (χ4n) is 2.97. The predicted octanol–water partition coefficient (Wildman–Crippen LogP) is 3.82. The highest BCUT2D eigenvalue weighted by Crippen LogP contribution is 2.52. The number of amidine groups is 1. The first-order chi connectivity index (χ1) is 10.6. The number of ether oxygens (including phenoxy) is 1. The van der Waals surface area contributed by atoms with E-state index < -0.39 is 5.54 Å². The smallest absolute Gasteiger partial charge is 0.225 e. The van der Waals surface area contributed by atoms with Gasteiger partial charge in [-0.2, -0.15) is 0 Å². The Balaban J connectivity index is 2.02. The molecule has 1 atom stereocenters. The molecule has 2 aliphatic heterocycles. The Bertz CT molecular complexity index is 808. The molecule has 0 aliphatic carbocycles. The third kappa shape index (κ3) is 1.97. The third-order valence-corrected chi connectivity index (χ3v) is 5.48. The molecule has 0 amide bonds. The molecule has 3 heterocycles. The molecule has 112 valence electrons. The number of hydrogen-bond donors (Lipinski definition) is 1. The van der Waals surface area contributed by atoms with E-state index in [2.05, 4.69) is 40.0 Å². The zero-order valence-electron chi connectivity index (χ0n) is 12.0. The second kappa shape index (κ2) is 4.99. The maximum atomic E-state index is 6.00. The van der Waals surface area contributed by atoms with E-state index in [1.165, 1.54) is 5.56 Å². The summed E-state index contributed by atoms with van der Waals surface area (Å²) < 4.78 is 6.91. The standard InChI is InChI=1S/C16H14BrN3OS/c1-2-9-3-4-13-11(5-9)16(8-22-15(18)20-16)12-6-10(17)7-19-14(12)21-13/h3-7H,2,8H2,1H3,(H2,18,20). The monoisotopic (exact) mass is 375 g/mol. The number of benzene rings is 1. The van der Waals surface area contributed by atoms with Gasteiger partial charge in [0.1, 0.15) is 11.3 Å². The summed E-state index contributed by atoms with van der Waals surface area (Å²) in [6.07, 6.45) is 2.71. The molecule has 0 saturated carbocycles. The van der Waals surface area contributed by atoms with Crippen LogP contribution >= 0.6 is 27.7 Å². The molecule has 2 aromatic rings. The average Bonchev–Trinajstić information content (AvgIpc) is 2.91. The molecular weight excluding hydrogens is 362 g/mol. The van der Waals surface area contributed by atoms with Crippen LogP contribution in [0.4, 0.5) is 0 Å². The third-order valence-electron chi connectivity index (χ3n) is 4.10. The summed E-state index contributed by atoms with van der Waals surface area (Å²) in [4.78, 5) is 9.21. The van der Waals surface area contributed by atoms with Gasteiger partial charge in [-0.25, -0.2) is 9.98 Å². The van der Waals surface area contributed by atoms with Gasteiger partial charge in [0.2, 0.25) is 5.88 Å². The molecule has 1 aromatic carbocycles. The van der Waals surface area contributed by atoms with E-state index in [1.54, 1.807) is 18.0 Å². The normalized spacial score (nSPS) is 22.0. The number of aryl methyl sites for hydroxylation is 1. The number of nitrogens with two attached hydrogens (primary N) is 1. The Labute approximate surface area is 141 Å². The predicted molar refractivity (Wildman–Crippen MR) is 92.7 cm³/mol. The van der Waals surface area contributed by atoms with Crippen LogP contribution in [0.25, 0.3) is 0 Å². The van der Waals surface area contributed by atoms with Crippen molar-refractivity contribution >= 4 is 32.9 Å². The van der Waals surface area contributed by atoms with Crippen molar-refractivity contribution in [3.05, 3.63) is 51.6 Å². The zero-order chi connectivity index (χ0) is 15.3. The Kier molecular flexibility index (Phi) is 3.20. The molecule has 0 saturated heterocycles. The molecule has 4 rings (SSSR count). The number of fused-ring (bicyclic) bond motifs is 4. The molecule has 2 aliphatic rings. The van der Waals surface area contributed by atoms with E-state index in [9.17, 15) is 0 Å². The van der Waals surface area contributed by atoms with Crippen LogP contribution in [-0.2, 0) is 12.0 Å². The molecule has 6 heteroatoms. The molecule has 0 fully saturated rings. The Morgan fingerprint density at radius 3 is 2.95 bits per heavy atom. The highest BCUT2D eigenvalue weighted by atomic mass is 79.9. The van der Waals surface area contributed by atoms with Crippen molar-refractivity contribution in [2.75, 3.05) is 5.75 Å². The average molecular weight is 376 g/mol. The van der Waals surface area contributed by atoms with Crippen molar-refractivity contribution in [2.45, 2.75) is 18.9 Å². The van der Waals surface area contributed by atoms with Crippen molar-refractivity contribution in [2.24, 2.45) is 10.7 Å².